The van der Waals surface area contributed by atoms with Crippen molar-refractivity contribution >= 4 is 29.0 Å². The number of aromatic nitrogens is 2. The molecule has 2 rings (SSSR count). The molecule has 8 heteroatoms. The van der Waals surface area contributed by atoms with Crippen molar-refractivity contribution in [3.63, 3.8) is 0 Å². The van der Waals surface area contributed by atoms with Crippen LogP contribution in [0.15, 0.2) is 24.5 Å². The van der Waals surface area contributed by atoms with Gasteiger partial charge >= 0.3 is 0 Å². The van der Waals surface area contributed by atoms with Crippen molar-refractivity contribution in [2.24, 2.45) is 0 Å². The molecular formula is C18H23ClN4O3. The highest BCUT2D eigenvalue weighted by Gasteiger charge is 2.15. The lowest BCUT2D eigenvalue weighted by Crippen LogP contribution is -2.28. The molecule has 0 spiro atoms. The lowest BCUT2D eigenvalue weighted by Gasteiger charge is -2.17. The van der Waals surface area contributed by atoms with Crippen molar-refractivity contribution in [3.8, 4) is 11.5 Å². The first-order valence-corrected chi connectivity index (χ1v) is 8.64. The van der Waals surface area contributed by atoms with Crippen LogP contribution in [-0.4, -0.2) is 48.6 Å². The van der Waals surface area contributed by atoms with Crippen LogP contribution in [0.2, 0.25) is 5.02 Å². The summed E-state index contributed by atoms with van der Waals surface area (Å²) in [5, 5.41) is 3.55. The molecular weight excluding hydrogens is 356 g/mol. The van der Waals surface area contributed by atoms with Gasteiger partial charge in [-0.1, -0.05) is 24.9 Å². The number of unbranched alkanes of at least 4 members (excludes halogenated alkanes) is 1. The molecule has 0 fully saturated rings. The zero-order valence-electron chi connectivity index (χ0n) is 15.4. The Balaban J connectivity index is 2.25. The normalized spacial score (nSPS) is 10.3. The van der Waals surface area contributed by atoms with E-state index in [1.807, 2.05) is 0 Å². The van der Waals surface area contributed by atoms with Gasteiger partial charge < -0.3 is 19.7 Å². The maximum Gasteiger partial charge on any atom is 0.272 e. The van der Waals surface area contributed by atoms with Crippen LogP contribution in [0, 0.1) is 0 Å². The summed E-state index contributed by atoms with van der Waals surface area (Å²) in [7, 11) is 4.84. The van der Waals surface area contributed by atoms with Crippen LogP contribution in [0.1, 0.15) is 30.3 Å². The van der Waals surface area contributed by atoms with Crippen molar-refractivity contribution in [1.29, 1.82) is 0 Å². The van der Waals surface area contributed by atoms with Gasteiger partial charge in [0.05, 0.1) is 24.9 Å². The van der Waals surface area contributed by atoms with Crippen LogP contribution in [0.4, 0.5) is 11.5 Å². The van der Waals surface area contributed by atoms with E-state index in [2.05, 4.69) is 22.2 Å². The summed E-state index contributed by atoms with van der Waals surface area (Å²) in [6.07, 6.45) is 3.31. The summed E-state index contributed by atoms with van der Waals surface area (Å²) in [6, 6.07) is 4.96. The van der Waals surface area contributed by atoms with E-state index in [9.17, 15) is 4.79 Å². The molecule has 1 amide bonds. The van der Waals surface area contributed by atoms with Crippen LogP contribution < -0.4 is 14.8 Å². The summed E-state index contributed by atoms with van der Waals surface area (Å²) in [4.78, 5) is 22.4. The smallest absolute Gasteiger partial charge is 0.272 e. The third kappa shape index (κ3) is 4.76. The lowest BCUT2D eigenvalue weighted by molar-refractivity contribution is 0.0787. The molecule has 0 bridgehead atoms. The minimum absolute atomic E-state index is 0.149. The molecule has 2 aromatic rings. The van der Waals surface area contributed by atoms with Crippen molar-refractivity contribution in [3.05, 3.63) is 35.2 Å². The SMILES string of the molecule is CCCCN(C)C(=O)c1cc(Nc2cc(OC)c(Cl)cc2OC)ncn1. The van der Waals surface area contributed by atoms with Crippen molar-refractivity contribution in [1.82, 2.24) is 14.9 Å². The lowest BCUT2D eigenvalue weighted by atomic mass is 10.2. The standard InChI is InChI=1S/C18H23ClN4O3/c1-5-6-7-23(2)18(24)14-10-17(21-11-20-14)22-13-9-15(25-3)12(19)8-16(13)26-4/h8-11H,5-7H2,1-4H3,(H,20,21,22). The highest BCUT2D eigenvalue weighted by molar-refractivity contribution is 6.32. The van der Waals surface area contributed by atoms with E-state index in [1.54, 1.807) is 37.3 Å². The van der Waals surface area contributed by atoms with Gasteiger partial charge in [0.1, 0.15) is 29.3 Å². The number of rotatable bonds is 8. The number of ether oxygens (including phenoxy) is 2. The fraction of sp³-hybridized carbons (Fsp3) is 0.389. The largest absolute Gasteiger partial charge is 0.495 e. The minimum atomic E-state index is -0.149. The Hall–Kier alpha value is -2.54. The van der Waals surface area contributed by atoms with Crippen LogP contribution in [0.5, 0.6) is 11.5 Å². The number of methoxy groups -OCH3 is 2. The van der Waals surface area contributed by atoms with Gasteiger partial charge in [0, 0.05) is 31.8 Å². The number of nitrogens with zero attached hydrogens (tertiary/aromatic N) is 3. The van der Waals surface area contributed by atoms with E-state index >= 15 is 0 Å². The molecule has 0 unspecified atom stereocenters. The van der Waals surface area contributed by atoms with E-state index in [-0.39, 0.29) is 5.91 Å². The second-order valence-corrected chi connectivity index (χ2v) is 6.09. The number of nitrogens with one attached hydrogen (secondary N) is 1. The third-order valence-corrected chi connectivity index (χ3v) is 4.11. The van der Waals surface area contributed by atoms with Crippen molar-refractivity contribution in [2.75, 3.05) is 33.1 Å². The molecule has 26 heavy (non-hydrogen) atoms. The molecule has 0 saturated carbocycles. The number of halogens is 1. The van der Waals surface area contributed by atoms with E-state index in [0.717, 1.165) is 12.8 Å². The van der Waals surface area contributed by atoms with Crippen molar-refractivity contribution < 1.29 is 14.3 Å². The Morgan fingerprint density at radius 1 is 1.19 bits per heavy atom. The van der Waals surface area contributed by atoms with Crippen LogP contribution >= 0.6 is 11.6 Å². The minimum Gasteiger partial charge on any atom is -0.495 e. The first-order valence-electron chi connectivity index (χ1n) is 8.26. The van der Waals surface area contributed by atoms with E-state index in [0.29, 0.717) is 40.3 Å². The zero-order chi connectivity index (χ0) is 19.1. The first kappa shape index (κ1) is 19.8. The maximum atomic E-state index is 12.5. The molecule has 140 valence electrons. The number of hydrogen-bond donors (Lipinski definition) is 1. The molecule has 1 N–H and O–H groups in total. The van der Waals surface area contributed by atoms with E-state index < -0.39 is 0 Å². The molecule has 7 nitrogen and oxygen atoms in total. The molecule has 0 aliphatic carbocycles. The Morgan fingerprint density at radius 2 is 1.92 bits per heavy atom. The number of carbonyl (C=O) groups is 1. The average Bonchev–Trinajstić information content (AvgIpc) is 2.66. The summed E-state index contributed by atoms with van der Waals surface area (Å²) in [5.74, 6) is 1.35. The number of hydrogen-bond acceptors (Lipinski definition) is 6. The second-order valence-electron chi connectivity index (χ2n) is 5.68. The quantitative estimate of drug-likeness (QED) is 0.753. The Bertz CT molecular complexity index is 770. The number of amides is 1. The summed E-state index contributed by atoms with van der Waals surface area (Å²) in [5.41, 5.74) is 0.936. The molecule has 0 saturated heterocycles. The summed E-state index contributed by atoms with van der Waals surface area (Å²) < 4.78 is 10.6. The summed E-state index contributed by atoms with van der Waals surface area (Å²) in [6.45, 7) is 2.77. The number of carbonyl (C=O) groups excluding carboxylic acids is 1. The fourth-order valence-corrected chi connectivity index (χ4v) is 2.56. The monoisotopic (exact) mass is 378 g/mol. The van der Waals surface area contributed by atoms with Gasteiger partial charge in [0.15, 0.2) is 0 Å². The van der Waals surface area contributed by atoms with Crippen LogP contribution in [0.25, 0.3) is 0 Å². The third-order valence-electron chi connectivity index (χ3n) is 3.82. The van der Waals surface area contributed by atoms with Gasteiger partial charge in [-0.25, -0.2) is 9.97 Å². The summed E-state index contributed by atoms with van der Waals surface area (Å²) >= 11 is 6.12. The molecule has 0 radical (unpaired) electrons. The van der Waals surface area contributed by atoms with Gasteiger partial charge in [0.2, 0.25) is 0 Å². The average molecular weight is 379 g/mol. The molecule has 1 aromatic heterocycles. The number of anilines is 2. The van der Waals surface area contributed by atoms with Gasteiger partial charge in [-0.2, -0.15) is 0 Å². The number of benzene rings is 1. The maximum absolute atomic E-state index is 12.5. The van der Waals surface area contributed by atoms with E-state index in [4.69, 9.17) is 21.1 Å². The zero-order valence-corrected chi connectivity index (χ0v) is 16.1. The van der Waals surface area contributed by atoms with Gasteiger partial charge in [0.25, 0.3) is 5.91 Å². The molecule has 0 atom stereocenters. The molecule has 1 aromatic carbocycles. The predicted octanol–water partition coefficient (Wildman–Crippen LogP) is 3.76. The Labute approximate surface area is 158 Å². The van der Waals surface area contributed by atoms with Gasteiger partial charge in [-0.05, 0) is 6.42 Å². The van der Waals surface area contributed by atoms with E-state index in [1.165, 1.54) is 13.4 Å². The Kier molecular flexibility index (Phi) is 7.03. The molecule has 0 aliphatic heterocycles. The van der Waals surface area contributed by atoms with Gasteiger partial charge in [-0.3, -0.25) is 4.79 Å². The van der Waals surface area contributed by atoms with Crippen LogP contribution in [0.3, 0.4) is 0 Å². The molecule has 0 aliphatic rings. The highest BCUT2D eigenvalue weighted by atomic mass is 35.5. The first-order chi connectivity index (χ1) is 12.5. The van der Waals surface area contributed by atoms with Crippen molar-refractivity contribution in [2.45, 2.75) is 19.8 Å². The molecule has 1 heterocycles. The van der Waals surface area contributed by atoms with Gasteiger partial charge in [-0.15, -0.1) is 0 Å². The predicted molar refractivity (Wildman–Crippen MR) is 102 cm³/mol. The topological polar surface area (TPSA) is 76.6 Å². The Morgan fingerprint density at radius 3 is 2.58 bits per heavy atom. The van der Waals surface area contributed by atoms with Crippen LogP contribution in [-0.2, 0) is 0 Å². The second kappa shape index (κ2) is 9.24. The highest BCUT2D eigenvalue weighted by Crippen LogP contribution is 2.37. The fourth-order valence-electron chi connectivity index (χ4n) is 2.33.